The Labute approximate surface area is 112 Å². The predicted octanol–water partition coefficient (Wildman–Crippen LogP) is 1.79. The van der Waals surface area contributed by atoms with Crippen LogP contribution in [0.25, 0.3) is 0 Å². The van der Waals surface area contributed by atoms with E-state index in [2.05, 4.69) is 34.7 Å². The molecule has 7 heteroatoms. The largest absolute Gasteiger partial charge is 0.338 e. The molecule has 0 aliphatic carbocycles. The lowest BCUT2D eigenvalue weighted by Gasteiger charge is -2.13. The zero-order chi connectivity index (χ0) is 13.5. The summed E-state index contributed by atoms with van der Waals surface area (Å²) in [6.45, 7) is 7.23. The first-order valence-corrected chi connectivity index (χ1v) is 7.32. The van der Waals surface area contributed by atoms with E-state index in [0.717, 1.165) is 17.4 Å². The van der Waals surface area contributed by atoms with Gasteiger partial charge in [0.25, 0.3) is 0 Å². The summed E-state index contributed by atoms with van der Waals surface area (Å²) in [7, 11) is 0. The highest BCUT2D eigenvalue weighted by Crippen LogP contribution is 2.18. The van der Waals surface area contributed by atoms with E-state index < -0.39 is 0 Å². The van der Waals surface area contributed by atoms with Crippen LogP contribution < -0.4 is 10.6 Å². The molecule has 1 heterocycles. The smallest absolute Gasteiger partial charge is 0.315 e. The Morgan fingerprint density at radius 2 is 2.11 bits per heavy atom. The molecule has 1 rings (SSSR count). The Morgan fingerprint density at radius 1 is 1.39 bits per heavy atom. The SMILES string of the molecule is CCCNC(=O)NCc1nnc(SC)n1C(C)C. The third kappa shape index (κ3) is 3.90. The fraction of sp³-hybridized carbons (Fsp3) is 0.727. The number of hydrogen-bond acceptors (Lipinski definition) is 4. The molecule has 6 nitrogen and oxygen atoms in total. The first kappa shape index (κ1) is 14.8. The van der Waals surface area contributed by atoms with Gasteiger partial charge in [-0.2, -0.15) is 0 Å². The van der Waals surface area contributed by atoms with Gasteiger partial charge in [-0.05, 0) is 26.5 Å². The second-order valence-corrected chi connectivity index (χ2v) is 4.95. The van der Waals surface area contributed by atoms with Gasteiger partial charge in [0.1, 0.15) is 0 Å². The van der Waals surface area contributed by atoms with Crippen molar-refractivity contribution in [2.75, 3.05) is 12.8 Å². The van der Waals surface area contributed by atoms with Crippen molar-refractivity contribution in [2.45, 2.75) is 44.9 Å². The summed E-state index contributed by atoms with van der Waals surface area (Å²) in [5.41, 5.74) is 0. The number of urea groups is 1. The molecular formula is C11H21N5OS. The van der Waals surface area contributed by atoms with E-state index in [0.29, 0.717) is 13.1 Å². The molecule has 0 aliphatic rings. The summed E-state index contributed by atoms with van der Waals surface area (Å²) in [5, 5.41) is 14.6. The molecule has 0 aliphatic heterocycles. The van der Waals surface area contributed by atoms with Crippen molar-refractivity contribution in [3.8, 4) is 0 Å². The van der Waals surface area contributed by atoms with E-state index in [-0.39, 0.29) is 12.1 Å². The van der Waals surface area contributed by atoms with Crippen LogP contribution in [0.1, 0.15) is 39.1 Å². The van der Waals surface area contributed by atoms with Crippen LogP contribution in [0.3, 0.4) is 0 Å². The highest BCUT2D eigenvalue weighted by atomic mass is 32.2. The van der Waals surface area contributed by atoms with Crippen LogP contribution >= 0.6 is 11.8 Å². The summed E-state index contributed by atoms with van der Waals surface area (Å²) < 4.78 is 2.03. The van der Waals surface area contributed by atoms with Crippen molar-refractivity contribution in [3.05, 3.63) is 5.82 Å². The van der Waals surface area contributed by atoms with Crippen molar-refractivity contribution < 1.29 is 4.79 Å². The van der Waals surface area contributed by atoms with Crippen LogP contribution in [0.15, 0.2) is 5.16 Å². The van der Waals surface area contributed by atoms with Gasteiger partial charge < -0.3 is 15.2 Å². The molecule has 0 radical (unpaired) electrons. The lowest BCUT2D eigenvalue weighted by molar-refractivity contribution is 0.240. The van der Waals surface area contributed by atoms with E-state index in [9.17, 15) is 4.79 Å². The minimum Gasteiger partial charge on any atom is -0.338 e. The third-order valence-electron chi connectivity index (χ3n) is 2.38. The Balaban J connectivity index is 2.62. The van der Waals surface area contributed by atoms with E-state index >= 15 is 0 Å². The Kier molecular flexibility index (Phi) is 5.97. The summed E-state index contributed by atoms with van der Waals surface area (Å²) >= 11 is 1.55. The number of rotatable bonds is 6. The maximum absolute atomic E-state index is 11.4. The molecule has 18 heavy (non-hydrogen) atoms. The van der Waals surface area contributed by atoms with Crippen molar-refractivity contribution in [1.82, 2.24) is 25.4 Å². The van der Waals surface area contributed by atoms with Gasteiger partial charge in [0, 0.05) is 12.6 Å². The Hall–Kier alpha value is -1.24. The van der Waals surface area contributed by atoms with Gasteiger partial charge in [0.2, 0.25) is 0 Å². The molecule has 0 fully saturated rings. The van der Waals surface area contributed by atoms with Gasteiger partial charge in [0.15, 0.2) is 11.0 Å². The van der Waals surface area contributed by atoms with Crippen molar-refractivity contribution in [1.29, 1.82) is 0 Å². The van der Waals surface area contributed by atoms with Crippen LogP contribution in [0.2, 0.25) is 0 Å². The lowest BCUT2D eigenvalue weighted by atomic mass is 10.4. The average Bonchev–Trinajstić information content (AvgIpc) is 2.76. The Morgan fingerprint density at radius 3 is 2.67 bits per heavy atom. The molecule has 0 unspecified atom stereocenters. The van der Waals surface area contributed by atoms with Gasteiger partial charge in [-0.25, -0.2) is 4.79 Å². The van der Waals surface area contributed by atoms with Gasteiger partial charge in [0.05, 0.1) is 6.54 Å². The van der Waals surface area contributed by atoms with Crippen molar-refractivity contribution in [3.63, 3.8) is 0 Å². The van der Waals surface area contributed by atoms with Gasteiger partial charge in [-0.3, -0.25) is 0 Å². The highest BCUT2D eigenvalue weighted by molar-refractivity contribution is 7.98. The maximum Gasteiger partial charge on any atom is 0.315 e. The van der Waals surface area contributed by atoms with Crippen LogP contribution in [0.5, 0.6) is 0 Å². The molecule has 2 N–H and O–H groups in total. The van der Waals surface area contributed by atoms with E-state index in [4.69, 9.17) is 0 Å². The molecule has 0 spiro atoms. The summed E-state index contributed by atoms with van der Waals surface area (Å²) in [6.07, 6.45) is 2.89. The third-order valence-corrected chi connectivity index (χ3v) is 3.02. The monoisotopic (exact) mass is 271 g/mol. The summed E-state index contributed by atoms with van der Waals surface area (Å²) in [5.74, 6) is 0.779. The minimum absolute atomic E-state index is 0.166. The zero-order valence-corrected chi connectivity index (χ0v) is 12.2. The second-order valence-electron chi connectivity index (χ2n) is 4.18. The quantitative estimate of drug-likeness (QED) is 0.774. The standard InChI is InChI=1S/C11H21N5OS/c1-5-6-12-10(17)13-7-9-14-15-11(18-4)16(9)8(2)3/h8H,5-7H2,1-4H3,(H2,12,13,17). The normalized spacial score (nSPS) is 10.7. The fourth-order valence-corrected chi connectivity index (χ4v) is 2.18. The van der Waals surface area contributed by atoms with Crippen LogP contribution in [-0.4, -0.2) is 33.6 Å². The number of carbonyl (C=O) groups is 1. The molecule has 1 aromatic rings. The second kappa shape index (κ2) is 7.25. The molecule has 0 aromatic carbocycles. The Bertz CT molecular complexity index is 391. The summed E-state index contributed by atoms with van der Waals surface area (Å²) in [4.78, 5) is 11.4. The number of aromatic nitrogens is 3. The maximum atomic E-state index is 11.4. The fourth-order valence-electron chi connectivity index (χ4n) is 1.55. The van der Waals surface area contributed by atoms with Crippen LogP contribution in [0, 0.1) is 0 Å². The van der Waals surface area contributed by atoms with E-state index in [1.54, 1.807) is 11.8 Å². The molecule has 1 aromatic heterocycles. The molecule has 102 valence electrons. The number of thioether (sulfide) groups is 1. The zero-order valence-electron chi connectivity index (χ0n) is 11.4. The van der Waals surface area contributed by atoms with E-state index in [1.165, 1.54) is 0 Å². The van der Waals surface area contributed by atoms with Gasteiger partial charge in [-0.15, -0.1) is 10.2 Å². The first-order chi connectivity index (χ1) is 8.60. The van der Waals surface area contributed by atoms with Crippen molar-refractivity contribution in [2.24, 2.45) is 0 Å². The topological polar surface area (TPSA) is 71.8 Å². The predicted molar refractivity (Wildman–Crippen MR) is 72.7 cm³/mol. The highest BCUT2D eigenvalue weighted by Gasteiger charge is 2.14. The molecular weight excluding hydrogens is 250 g/mol. The summed E-state index contributed by atoms with van der Waals surface area (Å²) in [6, 6.07) is 0.110. The van der Waals surface area contributed by atoms with Gasteiger partial charge >= 0.3 is 6.03 Å². The van der Waals surface area contributed by atoms with Crippen LogP contribution in [0.4, 0.5) is 4.79 Å². The van der Waals surface area contributed by atoms with Crippen molar-refractivity contribution >= 4 is 17.8 Å². The number of carbonyl (C=O) groups excluding carboxylic acids is 1. The number of hydrogen-bond donors (Lipinski definition) is 2. The number of amides is 2. The van der Waals surface area contributed by atoms with Crippen LogP contribution in [-0.2, 0) is 6.54 Å². The van der Waals surface area contributed by atoms with Gasteiger partial charge in [-0.1, -0.05) is 18.7 Å². The average molecular weight is 271 g/mol. The molecule has 0 saturated heterocycles. The number of nitrogens with one attached hydrogen (secondary N) is 2. The minimum atomic E-state index is -0.166. The number of nitrogens with zero attached hydrogens (tertiary/aromatic N) is 3. The molecule has 0 atom stereocenters. The lowest BCUT2D eigenvalue weighted by Crippen LogP contribution is -2.36. The first-order valence-electron chi connectivity index (χ1n) is 6.09. The molecule has 2 amide bonds. The van der Waals surface area contributed by atoms with E-state index in [1.807, 2.05) is 17.7 Å². The molecule has 0 saturated carbocycles. The molecule has 0 bridgehead atoms.